The van der Waals surface area contributed by atoms with Gasteiger partial charge >= 0.3 is 8.80 Å². The van der Waals surface area contributed by atoms with E-state index in [1.807, 2.05) is 20.8 Å². The highest BCUT2D eigenvalue weighted by molar-refractivity contribution is 6.59. The van der Waals surface area contributed by atoms with Crippen molar-refractivity contribution in [2.45, 2.75) is 27.3 Å². The van der Waals surface area contributed by atoms with Crippen LogP contribution in [0.1, 0.15) is 20.8 Å². The van der Waals surface area contributed by atoms with Crippen LogP contribution < -0.4 is 0 Å². The van der Waals surface area contributed by atoms with E-state index in [4.69, 9.17) is 27.5 Å². The Bertz CT molecular complexity index is 148. The maximum absolute atomic E-state index is 5.48. The Hall–Kier alpha value is 0.267. The Morgan fingerprint density at radius 3 is 1.17 bits per heavy atom. The zero-order valence-electron chi connectivity index (χ0n) is 11.6. The molecule has 0 fully saturated rings. The van der Waals surface area contributed by atoms with Gasteiger partial charge in [-0.05, 0) is 20.8 Å². The average Bonchev–Trinajstić information content (AvgIpc) is 2.30. The first-order chi connectivity index (χ1) is 8.18. The Balaban J connectivity index is 0. The van der Waals surface area contributed by atoms with Crippen LogP contribution in [0.3, 0.4) is 0 Å². The molecule has 0 N–H and O–H groups in total. The average molecular weight is 305 g/mol. The standard InChI is InChI=1S/C10H24O6Si.ClH/c1-5-11-8-14-17(4,15-9-12-6-2)16-10-13-7-3;/h5-10H2,1-4H3;1H. The maximum atomic E-state index is 5.48. The van der Waals surface area contributed by atoms with Crippen molar-refractivity contribution in [2.24, 2.45) is 0 Å². The Kier molecular flexibility index (Phi) is 15.7. The van der Waals surface area contributed by atoms with Crippen LogP contribution in [0.2, 0.25) is 6.55 Å². The highest BCUT2D eigenvalue weighted by atomic mass is 35.5. The molecule has 0 aliphatic rings. The molecule has 0 rings (SSSR count). The molecule has 6 nitrogen and oxygen atoms in total. The Labute approximate surface area is 117 Å². The quantitative estimate of drug-likeness (QED) is 0.312. The van der Waals surface area contributed by atoms with Crippen LogP contribution in [0.15, 0.2) is 0 Å². The summed E-state index contributed by atoms with van der Waals surface area (Å²) >= 11 is 0. The normalized spacial score (nSPS) is 11.3. The van der Waals surface area contributed by atoms with Crippen molar-refractivity contribution in [3.63, 3.8) is 0 Å². The predicted molar refractivity (Wildman–Crippen MR) is 71.6 cm³/mol. The molecule has 18 heavy (non-hydrogen) atoms. The van der Waals surface area contributed by atoms with Gasteiger partial charge in [-0.15, -0.1) is 12.4 Å². The van der Waals surface area contributed by atoms with Gasteiger partial charge in [-0.1, -0.05) is 0 Å². The zero-order valence-corrected chi connectivity index (χ0v) is 13.4. The molecule has 0 radical (unpaired) electrons. The molecule has 0 amide bonds. The third kappa shape index (κ3) is 11.4. The summed E-state index contributed by atoms with van der Waals surface area (Å²) < 4.78 is 31.8. The lowest BCUT2D eigenvalue weighted by molar-refractivity contribution is -0.0972. The molecule has 0 aliphatic carbocycles. The van der Waals surface area contributed by atoms with Crippen LogP contribution in [-0.4, -0.2) is 49.0 Å². The summed E-state index contributed by atoms with van der Waals surface area (Å²) in [6.07, 6.45) is 0. The van der Waals surface area contributed by atoms with Crippen molar-refractivity contribution in [1.29, 1.82) is 0 Å². The lowest BCUT2D eigenvalue weighted by Crippen LogP contribution is -2.44. The second-order valence-corrected chi connectivity index (χ2v) is 5.72. The molecule has 0 bridgehead atoms. The minimum absolute atomic E-state index is 0. The van der Waals surface area contributed by atoms with Gasteiger partial charge in [0.1, 0.15) is 20.4 Å². The van der Waals surface area contributed by atoms with Gasteiger partial charge in [-0.25, -0.2) is 0 Å². The lowest BCUT2D eigenvalue weighted by atomic mass is 10.9. The molecule has 0 atom stereocenters. The van der Waals surface area contributed by atoms with Gasteiger partial charge in [0, 0.05) is 26.4 Å². The monoisotopic (exact) mass is 304 g/mol. The van der Waals surface area contributed by atoms with Crippen LogP contribution in [0.25, 0.3) is 0 Å². The van der Waals surface area contributed by atoms with E-state index in [-0.39, 0.29) is 32.8 Å². The largest absolute Gasteiger partial charge is 0.502 e. The first kappa shape index (κ1) is 20.6. The third-order valence-electron chi connectivity index (χ3n) is 1.83. The van der Waals surface area contributed by atoms with Crippen molar-refractivity contribution in [1.82, 2.24) is 0 Å². The van der Waals surface area contributed by atoms with Crippen molar-refractivity contribution in [3.05, 3.63) is 0 Å². The minimum atomic E-state index is -2.74. The Morgan fingerprint density at radius 2 is 0.944 bits per heavy atom. The summed E-state index contributed by atoms with van der Waals surface area (Å²) in [5.74, 6) is 0. The van der Waals surface area contributed by atoms with Crippen LogP contribution in [0, 0.1) is 0 Å². The molecule has 0 spiro atoms. The van der Waals surface area contributed by atoms with E-state index in [1.54, 1.807) is 6.55 Å². The lowest BCUT2D eigenvalue weighted by Gasteiger charge is -2.25. The van der Waals surface area contributed by atoms with E-state index in [0.717, 1.165) is 0 Å². The topological polar surface area (TPSA) is 55.4 Å². The molecule has 0 aromatic carbocycles. The van der Waals surface area contributed by atoms with Crippen LogP contribution in [-0.2, 0) is 27.5 Å². The highest BCUT2D eigenvalue weighted by Gasteiger charge is 2.35. The summed E-state index contributed by atoms with van der Waals surface area (Å²) in [5, 5.41) is 0. The summed E-state index contributed by atoms with van der Waals surface area (Å²) in [4.78, 5) is 0. The number of halogens is 1. The van der Waals surface area contributed by atoms with E-state index >= 15 is 0 Å². The molecule has 0 saturated carbocycles. The van der Waals surface area contributed by atoms with Gasteiger partial charge in [0.25, 0.3) is 0 Å². The fourth-order valence-electron chi connectivity index (χ4n) is 0.821. The van der Waals surface area contributed by atoms with Gasteiger partial charge < -0.3 is 27.5 Å². The zero-order chi connectivity index (χ0) is 13.0. The van der Waals surface area contributed by atoms with Crippen molar-refractivity contribution >= 4 is 21.2 Å². The van der Waals surface area contributed by atoms with Gasteiger partial charge in [0.05, 0.1) is 0 Å². The number of hydrogen-bond acceptors (Lipinski definition) is 6. The summed E-state index contributed by atoms with van der Waals surface area (Å²) in [6.45, 7) is 9.67. The van der Waals surface area contributed by atoms with Crippen molar-refractivity contribution in [3.8, 4) is 0 Å². The number of rotatable bonds is 12. The number of hydrogen-bond donors (Lipinski definition) is 0. The molecule has 0 aromatic rings. The van der Waals surface area contributed by atoms with Crippen LogP contribution >= 0.6 is 12.4 Å². The fourth-order valence-corrected chi connectivity index (χ4v) is 1.96. The van der Waals surface area contributed by atoms with Crippen molar-refractivity contribution < 1.29 is 27.5 Å². The van der Waals surface area contributed by atoms with E-state index in [9.17, 15) is 0 Å². The molecule has 8 heteroatoms. The Morgan fingerprint density at radius 1 is 0.667 bits per heavy atom. The minimum Gasteiger partial charge on any atom is -0.357 e. The first-order valence-electron chi connectivity index (χ1n) is 5.83. The molecule has 0 aliphatic heterocycles. The van der Waals surface area contributed by atoms with Gasteiger partial charge in [-0.2, -0.15) is 0 Å². The van der Waals surface area contributed by atoms with Crippen LogP contribution in [0.4, 0.5) is 0 Å². The fraction of sp³-hybridized carbons (Fsp3) is 1.00. The predicted octanol–water partition coefficient (Wildman–Crippen LogP) is 2.01. The molecular weight excluding hydrogens is 280 g/mol. The summed E-state index contributed by atoms with van der Waals surface area (Å²) in [5.41, 5.74) is 0. The van der Waals surface area contributed by atoms with E-state index in [2.05, 4.69) is 0 Å². The van der Waals surface area contributed by atoms with E-state index in [0.29, 0.717) is 19.8 Å². The van der Waals surface area contributed by atoms with E-state index in [1.165, 1.54) is 0 Å². The van der Waals surface area contributed by atoms with Crippen molar-refractivity contribution in [2.75, 3.05) is 40.2 Å². The second kappa shape index (κ2) is 13.7. The first-order valence-corrected chi connectivity index (χ1v) is 8.06. The number of ether oxygens (including phenoxy) is 3. The highest BCUT2D eigenvalue weighted by Crippen LogP contribution is 2.09. The summed E-state index contributed by atoms with van der Waals surface area (Å²) in [6, 6.07) is 0. The van der Waals surface area contributed by atoms with E-state index < -0.39 is 8.80 Å². The van der Waals surface area contributed by atoms with Gasteiger partial charge in [0.15, 0.2) is 0 Å². The van der Waals surface area contributed by atoms with Crippen LogP contribution in [0.5, 0.6) is 0 Å². The molecule has 0 aromatic heterocycles. The third-order valence-corrected chi connectivity index (χ3v) is 3.75. The van der Waals surface area contributed by atoms with Gasteiger partial charge in [0.2, 0.25) is 0 Å². The smallest absolute Gasteiger partial charge is 0.357 e. The molecule has 112 valence electrons. The van der Waals surface area contributed by atoms with Gasteiger partial charge in [-0.3, -0.25) is 0 Å². The second-order valence-electron chi connectivity index (χ2n) is 3.13. The summed E-state index contributed by atoms with van der Waals surface area (Å²) in [7, 11) is -2.74. The molecular formula is C10H25ClO6Si. The molecule has 0 unspecified atom stereocenters. The molecule has 0 saturated heterocycles. The maximum Gasteiger partial charge on any atom is 0.502 e. The SMILES string of the molecule is CCOCO[Si](C)(OCOCC)OCOCC.Cl. The molecule has 0 heterocycles.